The molecule has 0 heterocycles. The van der Waals surface area contributed by atoms with Crippen molar-refractivity contribution in [2.75, 3.05) is 19.0 Å². The maximum atomic E-state index is 12.1. The van der Waals surface area contributed by atoms with E-state index in [1.54, 1.807) is 12.1 Å². The second-order valence-electron chi connectivity index (χ2n) is 5.54. The molecular formula is C18H20F2N2O2. The molecule has 2 aromatic carbocycles. The molecule has 0 aliphatic carbocycles. The first-order valence-corrected chi connectivity index (χ1v) is 7.51. The molecule has 24 heavy (non-hydrogen) atoms. The predicted molar refractivity (Wildman–Crippen MR) is 89.4 cm³/mol. The fourth-order valence-corrected chi connectivity index (χ4v) is 2.15. The summed E-state index contributed by atoms with van der Waals surface area (Å²) in [6, 6.07) is 14.0. The number of nitrogens with zero attached hydrogens (tertiary/aromatic N) is 1. The summed E-state index contributed by atoms with van der Waals surface area (Å²) in [6.45, 7) is -2.41. The largest absolute Gasteiger partial charge is 0.435 e. The first kappa shape index (κ1) is 17.7. The van der Waals surface area contributed by atoms with Gasteiger partial charge in [0.2, 0.25) is 5.91 Å². The molecule has 0 saturated heterocycles. The highest BCUT2D eigenvalue weighted by Gasteiger charge is 2.06. The molecule has 1 N–H and O–H groups in total. The molecule has 0 unspecified atom stereocenters. The van der Waals surface area contributed by atoms with E-state index >= 15 is 0 Å². The molecule has 0 fully saturated rings. The van der Waals surface area contributed by atoms with Crippen LogP contribution in [0.25, 0.3) is 0 Å². The average Bonchev–Trinajstić information content (AvgIpc) is 2.54. The minimum absolute atomic E-state index is 0.0788. The van der Waals surface area contributed by atoms with E-state index in [0.29, 0.717) is 6.54 Å². The Hall–Kier alpha value is -2.63. The first-order valence-electron chi connectivity index (χ1n) is 7.51. The van der Waals surface area contributed by atoms with Crippen molar-refractivity contribution < 1.29 is 18.3 Å². The van der Waals surface area contributed by atoms with Crippen molar-refractivity contribution in [3.05, 3.63) is 59.7 Å². The number of carbonyl (C=O) groups excluding carboxylic acids is 1. The van der Waals surface area contributed by atoms with Gasteiger partial charge >= 0.3 is 6.61 Å². The Kier molecular flexibility index (Phi) is 6.12. The number of hydrogen-bond acceptors (Lipinski definition) is 3. The van der Waals surface area contributed by atoms with E-state index in [4.69, 9.17) is 0 Å². The van der Waals surface area contributed by atoms with Gasteiger partial charge in [-0.25, -0.2) is 0 Å². The lowest BCUT2D eigenvalue weighted by atomic mass is 10.1. The first-order chi connectivity index (χ1) is 11.4. The summed E-state index contributed by atoms with van der Waals surface area (Å²) in [5.41, 5.74) is 2.84. The van der Waals surface area contributed by atoms with Gasteiger partial charge in [0.15, 0.2) is 0 Å². The molecule has 6 heteroatoms. The predicted octanol–water partition coefficient (Wildman–Crippen LogP) is 3.21. The highest BCUT2D eigenvalue weighted by atomic mass is 19.3. The summed E-state index contributed by atoms with van der Waals surface area (Å²) in [4.78, 5) is 14.0. The molecule has 0 atom stereocenters. The van der Waals surface area contributed by atoms with Crippen molar-refractivity contribution in [1.29, 1.82) is 0 Å². The number of nitrogens with one attached hydrogen (secondary N) is 1. The van der Waals surface area contributed by atoms with Gasteiger partial charge in [-0.2, -0.15) is 8.78 Å². The molecule has 0 aromatic heterocycles. The highest BCUT2D eigenvalue weighted by molar-refractivity contribution is 5.78. The molecule has 0 radical (unpaired) electrons. The number of rotatable bonds is 7. The fraction of sp³-hybridized carbons (Fsp3) is 0.278. The van der Waals surface area contributed by atoms with Crippen LogP contribution in [-0.4, -0.2) is 26.6 Å². The monoisotopic (exact) mass is 334 g/mol. The summed E-state index contributed by atoms with van der Waals surface area (Å²) >= 11 is 0. The normalized spacial score (nSPS) is 10.5. The zero-order valence-corrected chi connectivity index (χ0v) is 13.6. The van der Waals surface area contributed by atoms with Crippen molar-refractivity contribution in [1.82, 2.24) is 5.32 Å². The van der Waals surface area contributed by atoms with E-state index in [-0.39, 0.29) is 18.1 Å². The third kappa shape index (κ3) is 5.53. The van der Waals surface area contributed by atoms with Crippen LogP contribution in [0, 0.1) is 0 Å². The third-order valence-corrected chi connectivity index (χ3v) is 3.46. The van der Waals surface area contributed by atoms with Crippen molar-refractivity contribution in [3.8, 4) is 5.75 Å². The quantitative estimate of drug-likeness (QED) is 0.845. The average molecular weight is 334 g/mol. The molecular weight excluding hydrogens is 314 g/mol. The standard InChI is InChI=1S/C18H20F2N2O2/c1-22(2)15-7-3-14(4-8-15)12-21-17(23)11-13-5-9-16(10-6-13)24-18(19)20/h3-10,18H,11-12H2,1-2H3,(H,21,23). The summed E-state index contributed by atoms with van der Waals surface area (Å²) in [5, 5.41) is 2.84. The van der Waals surface area contributed by atoms with Crippen molar-refractivity contribution in [2.45, 2.75) is 19.6 Å². The number of hydrogen-bond donors (Lipinski definition) is 1. The second-order valence-corrected chi connectivity index (χ2v) is 5.54. The van der Waals surface area contributed by atoms with Crippen LogP contribution in [0.4, 0.5) is 14.5 Å². The van der Waals surface area contributed by atoms with Crippen LogP contribution in [-0.2, 0) is 17.8 Å². The van der Waals surface area contributed by atoms with Gasteiger partial charge in [-0.15, -0.1) is 0 Å². The van der Waals surface area contributed by atoms with Gasteiger partial charge in [-0.1, -0.05) is 24.3 Å². The van der Waals surface area contributed by atoms with E-state index in [0.717, 1.165) is 16.8 Å². The zero-order chi connectivity index (χ0) is 17.5. The van der Waals surface area contributed by atoms with Crippen LogP contribution in [0.2, 0.25) is 0 Å². The summed E-state index contributed by atoms with van der Waals surface area (Å²) in [5.74, 6) is -0.0515. The van der Waals surface area contributed by atoms with Gasteiger partial charge in [-0.3, -0.25) is 4.79 Å². The number of ether oxygens (including phenoxy) is 1. The van der Waals surface area contributed by atoms with Gasteiger partial charge in [0.25, 0.3) is 0 Å². The molecule has 128 valence electrons. The molecule has 0 aliphatic rings. The zero-order valence-electron chi connectivity index (χ0n) is 13.6. The van der Waals surface area contributed by atoms with Gasteiger partial charge in [-0.05, 0) is 35.4 Å². The summed E-state index contributed by atoms with van der Waals surface area (Å²) in [6.07, 6.45) is 0.185. The van der Waals surface area contributed by atoms with Gasteiger partial charge in [0, 0.05) is 26.3 Å². The Balaban J connectivity index is 1.82. The van der Waals surface area contributed by atoms with Crippen LogP contribution in [0.15, 0.2) is 48.5 Å². The number of amides is 1. The number of halogens is 2. The van der Waals surface area contributed by atoms with Crippen LogP contribution < -0.4 is 15.0 Å². The maximum absolute atomic E-state index is 12.1. The molecule has 2 rings (SSSR count). The number of anilines is 1. The van der Waals surface area contributed by atoms with Crippen LogP contribution in [0.5, 0.6) is 5.75 Å². The SMILES string of the molecule is CN(C)c1ccc(CNC(=O)Cc2ccc(OC(F)F)cc2)cc1. The molecule has 4 nitrogen and oxygen atoms in total. The van der Waals surface area contributed by atoms with Crippen LogP contribution >= 0.6 is 0 Å². The molecule has 0 saturated carbocycles. The van der Waals surface area contributed by atoms with Crippen molar-refractivity contribution in [3.63, 3.8) is 0 Å². The molecule has 2 aromatic rings. The van der Waals surface area contributed by atoms with E-state index in [1.807, 2.05) is 43.3 Å². The van der Waals surface area contributed by atoms with Crippen molar-refractivity contribution in [2.24, 2.45) is 0 Å². The maximum Gasteiger partial charge on any atom is 0.387 e. The topological polar surface area (TPSA) is 41.6 Å². The Labute approximate surface area is 140 Å². The Morgan fingerprint density at radius 2 is 1.62 bits per heavy atom. The van der Waals surface area contributed by atoms with Gasteiger partial charge < -0.3 is 15.0 Å². The van der Waals surface area contributed by atoms with E-state index in [1.165, 1.54) is 12.1 Å². The van der Waals surface area contributed by atoms with E-state index in [9.17, 15) is 13.6 Å². The van der Waals surface area contributed by atoms with Gasteiger partial charge in [0.05, 0.1) is 6.42 Å². The lowest BCUT2D eigenvalue weighted by molar-refractivity contribution is -0.120. The number of alkyl halides is 2. The lowest BCUT2D eigenvalue weighted by Gasteiger charge is -2.13. The van der Waals surface area contributed by atoms with Crippen LogP contribution in [0.3, 0.4) is 0 Å². The second kappa shape index (κ2) is 8.29. The van der Waals surface area contributed by atoms with Crippen molar-refractivity contribution >= 4 is 11.6 Å². The molecule has 0 bridgehead atoms. The van der Waals surface area contributed by atoms with E-state index in [2.05, 4.69) is 10.1 Å². The third-order valence-electron chi connectivity index (χ3n) is 3.46. The van der Waals surface area contributed by atoms with Gasteiger partial charge in [0.1, 0.15) is 5.75 Å². The van der Waals surface area contributed by atoms with Crippen LogP contribution in [0.1, 0.15) is 11.1 Å². The minimum Gasteiger partial charge on any atom is -0.435 e. The Morgan fingerprint density at radius 1 is 1.04 bits per heavy atom. The number of benzene rings is 2. The lowest BCUT2D eigenvalue weighted by Crippen LogP contribution is -2.24. The minimum atomic E-state index is -2.85. The molecule has 1 amide bonds. The highest BCUT2D eigenvalue weighted by Crippen LogP contribution is 2.15. The summed E-state index contributed by atoms with van der Waals surface area (Å²) in [7, 11) is 3.93. The smallest absolute Gasteiger partial charge is 0.387 e. The molecule has 0 aliphatic heterocycles. The Bertz CT molecular complexity index is 656. The summed E-state index contributed by atoms with van der Waals surface area (Å²) < 4.78 is 28.4. The number of carbonyl (C=O) groups is 1. The molecule has 0 spiro atoms. The van der Waals surface area contributed by atoms with E-state index < -0.39 is 6.61 Å². The Morgan fingerprint density at radius 3 is 2.17 bits per heavy atom. The fourth-order valence-electron chi connectivity index (χ4n) is 2.15.